The lowest BCUT2D eigenvalue weighted by molar-refractivity contribution is 0.398. The second-order valence-electron chi connectivity index (χ2n) is 13.2. The van der Waals surface area contributed by atoms with Crippen LogP contribution >= 0.6 is 0 Å². The molecule has 3 aromatic carbocycles. The Balaban J connectivity index is 1.30. The van der Waals surface area contributed by atoms with Crippen molar-refractivity contribution in [1.29, 1.82) is 0 Å². The predicted octanol–water partition coefficient (Wildman–Crippen LogP) is 7.35. The van der Waals surface area contributed by atoms with Crippen LogP contribution in [0, 0.1) is 0 Å². The van der Waals surface area contributed by atoms with Gasteiger partial charge in [-0.3, -0.25) is 4.98 Å². The molecule has 0 radical (unpaired) electrons. The van der Waals surface area contributed by atoms with E-state index in [9.17, 15) is 9.59 Å². The molecule has 5 heterocycles. The molecule has 0 spiro atoms. The first kappa shape index (κ1) is 25.9. The third-order valence-electron chi connectivity index (χ3n) is 9.52. The smallest absolute Gasteiger partial charge is 0.345 e. The fourth-order valence-electron chi connectivity index (χ4n) is 6.94. The number of rotatable bonds is 2. The van der Waals surface area contributed by atoms with E-state index in [1.807, 2.05) is 42.5 Å². The molecule has 214 valence electrons. The highest BCUT2D eigenvalue weighted by molar-refractivity contribution is 5.97. The van der Waals surface area contributed by atoms with Gasteiger partial charge in [0.1, 0.15) is 11.2 Å². The number of hydrogen-bond acceptors (Lipinski definition) is 7. The zero-order valence-corrected chi connectivity index (χ0v) is 24.7. The molecule has 0 bridgehead atoms. The van der Waals surface area contributed by atoms with Gasteiger partial charge in [-0.25, -0.2) is 14.6 Å². The largest absolute Gasteiger partial charge is 0.422 e. The number of fused-ring (bicyclic) bond motifs is 4. The summed E-state index contributed by atoms with van der Waals surface area (Å²) in [5, 5.41) is 3.69. The lowest BCUT2D eigenvalue weighted by atomic mass is 9.69. The summed E-state index contributed by atoms with van der Waals surface area (Å²) in [6.07, 6.45) is 5.11. The molecule has 0 saturated heterocycles. The summed E-state index contributed by atoms with van der Waals surface area (Å²) in [5.41, 5.74) is 4.91. The van der Waals surface area contributed by atoms with E-state index >= 15 is 0 Å². The molecule has 6 aromatic rings. The van der Waals surface area contributed by atoms with Crippen LogP contribution in [0.1, 0.15) is 51.7 Å². The van der Waals surface area contributed by atoms with E-state index < -0.39 is 11.3 Å². The molecule has 2 aliphatic heterocycles. The third kappa shape index (κ3) is 3.94. The van der Waals surface area contributed by atoms with E-state index in [2.05, 4.69) is 43.6 Å². The van der Waals surface area contributed by atoms with Crippen molar-refractivity contribution in [3.8, 4) is 22.5 Å². The maximum Gasteiger partial charge on any atom is 0.345 e. The number of nitrogens with zero attached hydrogens (tertiary/aromatic N) is 3. The Morgan fingerprint density at radius 1 is 0.721 bits per heavy atom. The molecule has 2 aliphatic rings. The van der Waals surface area contributed by atoms with Gasteiger partial charge in [0.2, 0.25) is 0 Å². The Hall–Kier alpha value is -4.78. The van der Waals surface area contributed by atoms with Crippen LogP contribution in [0.3, 0.4) is 0 Å². The van der Waals surface area contributed by atoms with Gasteiger partial charge in [0.25, 0.3) is 0 Å². The van der Waals surface area contributed by atoms with Gasteiger partial charge in [0.15, 0.2) is 0 Å². The van der Waals surface area contributed by atoms with Crippen LogP contribution < -0.4 is 16.2 Å². The van der Waals surface area contributed by atoms with E-state index in [1.54, 1.807) is 6.07 Å². The molecular weight excluding hydrogens is 538 g/mol. The number of aromatic nitrogens is 2. The lowest BCUT2D eigenvalue weighted by Crippen LogP contribution is -2.44. The Kier molecular flexibility index (Phi) is 5.34. The van der Waals surface area contributed by atoms with Crippen molar-refractivity contribution in [3.63, 3.8) is 0 Å². The summed E-state index contributed by atoms with van der Waals surface area (Å²) in [7, 11) is 0. The minimum Gasteiger partial charge on any atom is -0.422 e. The van der Waals surface area contributed by atoms with Gasteiger partial charge in [0.05, 0.1) is 34.9 Å². The third-order valence-corrected chi connectivity index (χ3v) is 9.52. The summed E-state index contributed by atoms with van der Waals surface area (Å²) in [6, 6.07) is 17.6. The summed E-state index contributed by atoms with van der Waals surface area (Å²) in [6.45, 7) is 11.1. The molecule has 0 N–H and O–H groups in total. The van der Waals surface area contributed by atoms with Gasteiger partial charge in [-0.05, 0) is 70.3 Å². The minimum atomic E-state index is -0.514. The van der Waals surface area contributed by atoms with E-state index in [-0.39, 0.29) is 16.4 Å². The monoisotopic (exact) mass is 569 g/mol. The highest BCUT2D eigenvalue weighted by atomic mass is 16.4. The van der Waals surface area contributed by atoms with Gasteiger partial charge in [-0.15, -0.1) is 0 Å². The summed E-state index contributed by atoms with van der Waals surface area (Å²) >= 11 is 0. The van der Waals surface area contributed by atoms with Crippen LogP contribution in [0.25, 0.3) is 55.2 Å². The molecule has 0 unspecified atom stereocenters. The van der Waals surface area contributed by atoms with Gasteiger partial charge in [-0.2, -0.15) is 0 Å². The Labute approximate surface area is 247 Å². The molecule has 0 amide bonds. The van der Waals surface area contributed by atoms with Crippen molar-refractivity contribution in [2.45, 2.75) is 51.4 Å². The van der Waals surface area contributed by atoms with Gasteiger partial charge < -0.3 is 13.7 Å². The standard InChI is InChI=1S/C36H31N3O4/c1-35(2)9-11-39-12-10-36(3,4)30-31(39)26(35)16-23-15-25(34(41)43-32(23)30)28-19-37-18-27(38-28)24-14-22-13-20-7-5-6-8-21(20)17-29(22)42-33(24)40/h5-8,13-19H,9-12H2,1-4H3. The van der Waals surface area contributed by atoms with Crippen LogP contribution in [-0.2, 0) is 10.8 Å². The SMILES string of the molecule is CC1(C)CCN2CCC(C)(C)c3c2c1cc1cc(-c2cncc(-c4cc5cc6ccccc6cc5oc4=O)n2)c(=O)oc31. The van der Waals surface area contributed by atoms with Crippen molar-refractivity contribution >= 4 is 38.4 Å². The highest BCUT2D eigenvalue weighted by Gasteiger charge is 2.42. The first-order chi connectivity index (χ1) is 20.6. The van der Waals surface area contributed by atoms with Crippen LogP contribution in [-0.4, -0.2) is 23.1 Å². The average molecular weight is 570 g/mol. The maximum absolute atomic E-state index is 13.6. The zero-order valence-electron chi connectivity index (χ0n) is 24.7. The van der Waals surface area contributed by atoms with E-state index in [4.69, 9.17) is 13.8 Å². The van der Waals surface area contributed by atoms with Gasteiger partial charge in [-0.1, -0.05) is 52.0 Å². The Morgan fingerprint density at radius 3 is 2.07 bits per heavy atom. The molecule has 0 atom stereocenters. The second kappa shape index (κ2) is 8.86. The van der Waals surface area contributed by atoms with Crippen LogP contribution in [0.2, 0.25) is 0 Å². The van der Waals surface area contributed by atoms with Crippen molar-refractivity contribution in [2.75, 3.05) is 18.0 Å². The van der Waals surface area contributed by atoms with Crippen LogP contribution in [0.5, 0.6) is 0 Å². The first-order valence-corrected chi connectivity index (χ1v) is 14.8. The number of anilines is 1. The van der Waals surface area contributed by atoms with E-state index in [1.165, 1.54) is 23.6 Å². The molecule has 3 aromatic heterocycles. The molecule has 7 nitrogen and oxygen atoms in total. The Bertz CT molecular complexity index is 2260. The number of hydrogen-bond donors (Lipinski definition) is 0. The molecule has 0 fully saturated rings. The van der Waals surface area contributed by atoms with Crippen LogP contribution in [0.15, 0.2) is 85.4 Å². The fraction of sp³-hybridized carbons (Fsp3) is 0.278. The summed E-state index contributed by atoms with van der Waals surface area (Å²) in [5.74, 6) is 0. The minimum absolute atomic E-state index is 0.00630. The maximum atomic E-state index is 13.6. The van der Waals surface area contributed by atoms with Crippen molar-refractivity contribution < 1.29 is 8.83 Å². The first-order valence-electron chi connectivity index (χ1n) is 14.8. The van der Waals surface area contributed by atoms with E-state index in [0.29, 0.717) is 28.1 Å². The Morgan fingerprint density at radius 2 is 1.35 bits per heavy atom. The normalized spacial score (nSPS) is 17.0. The second-order valence-corrected chi connectivity index (χ2v) is 13.2. The molecule has 7 heteroatoms. The van der Waals surface area contributed by atoms with Crippen LogP contribution in [0.4, 0.5) is 5.69 Å². The molecule has 8 rings (SSSR count). The van der Waals surface area contributed by atoms with Gasteiger partial charge in [0, 0.05) is 35.1 Å². The topological polar surface area (TPSA) is 89.4 Å². The van der Waals surface area contributed by atoms with Crippen molar-refractivity contribution in [3.05, 3.63) is 99.0 Å². The van der Waals surface area contributed by atoms with E-state index in [0.717, 1.165) is 53.0 Å². The summed E-state index contributed by atoms with van der Waals surface area (Å²) in [4.78, 5) is 38.3. The molecule has 0 saturated carbocycles. The average Bonchev–Trinajstić information content (AvgIpc) is 2.98. The lowest BCUT2D eigenvalue weighted by Gasteiger charge is -2.48. The molecular formula is C36H31N3O4. The fourth-order valence-corrected chi connectivity index (χ4v) is 6.94. The molecule has 0 aliphatic carbocycles. The van der Waals surface area contributed by atoms with Crippen molar-refractivity contribution in [1.82, 2.24) is 9.97 Å². The predicted molar refractivity (Wildman–Crippen MR) is 170 cm³/mol. The van der Waals surface area contributed by atoms with Crippen molar-refractivity contribution in [2.24, 2.45) is 0 Å². The zero-order chi connectivity index (χ0) is 29.7. The quantitative estimate of drug-likeness (QED) is 0.159. The van der Waals surface area contributed by atoms with Gasteiger partial charge >= 0.3 is 11.3 Å². The number of benzene rings is 3. The summed E-state index contributed by atoms with van der Waals surface area (Å²) < 4.78 is 11.9. The highest BCUT2D eigenvalue weighted by Crippen LogP contribution is 2.51. The molecule has 43 heavy (non-hydrogen) atoms.